The molecule has 0 spiro atoms. The van der Waals surface area contributed by atoms with Crippen LogP contribution in [0.25, 0.3) is 0 Å². The summed E-state index contributed by atoms with van der Waals surface area (Å²) in [5.74, 6) is -2.45. The Morgan fingerprint density at radius 1 is 1.36 bits per heavy atom. The minimum Gasteiger partial charge on any atom is -0.336 e. The lowest BCUT2D eigenvalue weighted by molar-refractivity contribution is -0.123. The summed E-state index contributed by atoms with van der Waals surface area (Å²) in [5.41, 5.74) is -0.835. The summed E-state index contributed by atoms with van der Waals surface area (Å²) in [5, 5.41) is 13.4. The van der Waals surface area contributed by atoms with Crippen LogP contribution in [-0.4, -0.2) is 37.7 Å². The van der Waals surface area contributed by atoms with Crippen LogP contribution in [0, 0.1) is 23.0 Å². The van der Waals surface area contributed by atoms with Gasteiger partial charge in [0, 0.05) is 12.6 Å². The number of nitriles is 1. The highest BCUT2D eigenvalue weighted by Crippen LogP contribution is 2.34. The van der Waals surface area contributed by atoms with Crippen LogP contribution in [0.3, 0.4) is 0 Å². The number of carbonyl (C=O) groups is 1. The molecular formula is C15H16ClF2N3O3S. The predicted molar refractivity (Wildman–Crippen MR) is 86.7 cm³/mol. The van der Waals surface area contributed by atoms with Crippen LogP contribution in [0.4, 0.5) is 8.78 Å². The molecule has 1 aliphatic carbocycles. The molecule has 1 heterocycles. The molecule has 0 radical (unpaired) electrons. The fraction of sp³-hybridized carbons (Fsp3) is 0.467. The van der Waals surface area contributed by atoms with E-state index in [-0.39, 0.29) is 25.4 Å². The SMILES string of the molecule is Cl.N#CC1(NC(=O)[C@@H]2C[C@@H](S(=O)(=O)c3ccc(F)cc3F)CN2)CC1. The lowest BCUT2D eigenvalue weighted by Crippen LogP contribution is -2.45. The first-order valence-corrected chi connectivity index (χ1v) is 8.98. The Balaban J connectivity index is 0.00000225. The molecule has 1 amide bonds. The van der Waals surface area contributed by atoms with E-state index in [2.05, 4.69) is 10.6 Å². The zero-order chi connectivity index (χ0) is 17.5. The van der Waals surface area contributed by atoms with Crippen LogP contribution in [-0.2, 0) is 14.6 Å². The first-order chi connectivity index (χ1) is 11.3. The van der Waals surface area contributed by atoms with E-state index < -0.39 is 49.1 Å². The van der Waals surface area contributed by atoms with E-state index in [4.69, 9.17) is 5.26 Å². The second kappa shape index (κ2) is 6.86. The van der Waals surface area contributed by atoms with Crippen molar-refractivity contribution in [3.8, 4) is 6.07 Å². The number of nitrogens with zero attached hydrogens (tertiary/aromatic N) is 1. The van der Waals surface area contributed by atoms with Crippen molar-refractivity contribution < 1.29 is 22.0 Å². The first-order valence-electron chi connectivity index (χ1n) is 7.43. The van der Waals surface area contributed by atoms with Crippen LogP contribution in [0.1, 0.15) is 19.3 Å². The van der Waals surface area contributed by atoms with Crippen molar-refractivity contribution in [2.75, 3.05) is 6.54 Å². The van der Waals surface area contributed by atoms with Crippen molar-refractivity contribution in [1.29, 1.82) is 5.26 Å². The number of rotatable bonds is 4. The number of hydrogen-bond acceptors (Lipinski definition) is 5. The molecule has 0 aromatic heterocycles. The van der Waals surface area contributed by atoms with Crippen molar-refractivity contribution in [3.63, 3.8) is 0 Å². The molecule has 1 aromatic carbocycles. The lowest BCUT2D eigenvalue weighted by atomic mass is 10.2. The van der Waals surface area contributed by atoms with Crippen LogP contribution in [0.15, 0.2) is 23.1 Å². The largest absolute Gasteiger partial charge is 0.336 e. The lowest BCUT2D eigenvalue weighted by Gasteiger charge is -2.14. The monoisotopic (exact) mass is 391 g/mol. The highest BCUT2D eigenvalue weighted by molar-refractivity contribution is 7.92. The number of sulfone groups is 1. The second-order valence-electron chi connectivity index (χ2n) is 6.12. The van der Waals surface area contributed by atoms with Crippen molar-refractivity contribution in [3.05, 3.63) is 29.8 Å². The molecule has 1 saturated heterocycles. The quantitative estimate of drug-likeness (QED) is 0.748. The number of nitrogens with one attached hydrogen (secondary N) is 2. The van der Waals surface area contributed by atoms with Gasteiger partial charge in [-0.25, -0.2) is 17.2 Å². The van der Waals surface area contributed by atoms with E-state index in [0.29, 0.717) is 18.9 Å². The van der Waals surface area contributed by atoms with Gasteiger partial charge in [-0.05, 0) is 31.4 Å². The number of amides is 1. The van der Waals surface area contributed by atoms with Gasteiger partial charge in [0.1, 0.15) is 22.1 Å². The summed E-state index contributed by atoms with van der Waals surface area (Å²) in [6, 6.07) is 3.55. The molecule has 10 heteroatoms. The fourth-order valence-corrected chi connectivity index (χ4v) is 4.45. The third-order valence-corrected chi connectivity index (χ3v) is 6.55. The fourth-order valence-electron chi connectivity index (χ4n) is 2.74. The highest BCUT2D eigenvalue weighted by Gasteiger charge is 2.47. The maximum Gasteiger partial charge on any atom is 0.238 e. The summed E-state index contributed by atoms with van der Waals surface area (Å²) in [6.07, 6.45) is 1.11. The van der Waals surface area contributed by atoms with Crippen LogP contribution in [0.2, 0.25) is 0 Å². The number of halogens is 3. The Bertz CT molecular complexity index is 837. The molecule has 6 nitrogen and oxygen atoms in total. The van der Waals surface area contributed by atoms with Crippen molar-refractivity contribution in [1.82, 2.24) is 10.6 Å². The van der Waals surface area contributed by atoms with Crippen molar-refractivity contribution >= 4 is 28.2 Å². The standard InChI is InChI=1S/C15H15F2N3O3S.ClH/c16-9-1-2-13(11(17)5-9)24(22,23)10-6-12(19-7-10)14(21)20-15(8-18)3-4-15;/h1-2,5,10,12,19H,3-4,6-7H2,(H,20,21);1H/t10-,12+;/m1./s1. The zero-order valence-corrected chi connectivity index (χ0v) is 14.6. The Labute approximate surface area is 149 Å². The van der Waals surface area contributed by atoms with Gasteiger partial charge in [0.2, 0.25) is 5.91 Å². The number of carbonyl (C=O) groups excluding carboxylic acids is 1. The molecular weight excluding hydrogens is 376 g/mol. The molecule has 0 unspecified atom stereocenters. The first kappa shape index (κ1) is 19.6. The van der Waals surface area contributed by atoms with E-state index >= 15 is 0 Å². The van der Waals surface area contributed by atoms with Crippen LogP contribution < -0.4 is 10.6 Å². The van der Waals surface area contributed by atoms with Gasteiger partial charge in [-0.3, -0.25) is 4.79 Å². The van der Waals surface area contributed by atoms with Crippen molar-refractivity contribution in [2.45, 2.75) is 41.0 Å². The molecule has 2 fully saturated rings. The predicted octanol–water partition coefficient (Wildman–Crippen LogP) is 1.06. The summed E-state index contributed by atoms with van der Waals surface area (Å²) in [7, 11) is -4.04. The maximum absolute atomic E-state index is 13.8. The summed E-state index contributed by atoms with van der Waals surface area (Å²) in [6.45, 7) is -0.0171. The Morgan fingerprint density at radius 3 is 2.60 bits per heavy atom. The van der Waals surface area contributed by atoms with Gasteiger partial charge in [0.05, 0.1) is 17.4 Å². The summed E-state index contributed by atoms with van der Waals surface area (Å²) >= 11 is 0. The molecule has 136 valence electrons. The highest BCUT2D eigenvalue weighted by atomic mass is 35.5. The third-order valence-electron chi connectivity index (χ3n) is 4.37. The van der Waals surface area contributed by atoms with Gasteiger partial charge in [0.25, 0.3) is 0 Å². The Hall–Kier alpha value is -1.76. The molecule has 25 heavy (non-hydrogen) atoms. The van der Waals surface area contributed by atoms with E-state index in [9.17, 15) is 22.0 Å². The molecule has 0 bridgehead atoms. The molecule has 3 rings (SSSR count). The molecule has 2 atom stereocenters. The smallest absolute Gasteiger partial charge is 0.238 e. The van der Waals surface area contributed by atoms with Crippen LogP contribution in [0.5, 0.6) is 0 Å². The van der Waals surface area contributed by atoms with Gasteiger partial charge >= 0.3 is 0 Å². The zero-order valence-electron chi connectivity index (χ0n) is 13.0. The number of hydrogen-bond donors (Lipinski definition) is 2. The van der Waals surface area contributed by atoms with E-state index in [1.165, 1.54) is 0 Å². The molecule has 1 saturated carbocycles. The third kappa shape index (κ3) is 3.76. The van der Waals surface area contributed by atoms with Crippen molar-refractivity contribution in [2.24, 2.45) is 0 Å². The minimum atomic E-state index is -4.04. The van der Waals surface area contributed by atoms with Gasteiger partial charge < -0.3 is 10.6 Å². The second-order valence-corrected chi connectivity index (χ2v) is 8.32. The topological polar surface area (TPSA) is 99.1 Å². The Morgan fingerprint density at radius 2 is 2.04 bits per heavy atom. The van der Waals surface area contributed by atoms with Gasteiger partial charge in [-0.2, -0.15) is 5.26 Å². The molecule has 1 aliphatic heterocycles. The molecule has 2 aliphatic rings. The van der Waals surface area contributed by atoms with E-state index in [1.54, 1.807) is 0 Å². The summed E-state index contributed by atoms with van der Waals surface area (Å²) < 4.78 is 51.7. The number of benzene rings is 1. The average Bonchev–Trinajstić information content (AvgIpc) is 3.10. The average molecular weight is 392 g/mol. The Kier molecular flexibility index (Phi) is 5.37. The van der Waals surface area contributed by atoms with Gasteiger partial charge in [-0.15, -0.1) is 12.4 Å². The summed E-state index contributed by atoms with van der Waals surface area (Å²) in [4.78, 5) is 11.6. The molecule has 2 N–H and O–H groups in total. The van der Waals surface area contributed by atoms with E-state index in [1.807, 2.05) is 6.07 Å². The van der Waals surface area contributed by atoms with Gasteiger partial charge in [-0.1, -0.05) is 0 Å². The molecule has 1 aromatic rings. The van der Waals surface area contributed by atoms with Gasteiger partial charge in [0.15, 0.2) is 9.84 Å². The normalized spacial score (nSPS) is 24.0. The van der Waals surface area contributed by atoms with Crippen LogP contribution >= 0.6 is 12.4 Å². The van der Waals surface area contributed by atoms with E-state index in [0.717, 1.165) is 12.1 Å². The maximum atomic E-state index is 13.8. The minimum absolute atomic E-state index is 0.